The van der Waals surface area contributed by atoms with E-state index in [2.05, 4.69) is 63.5 Å². The van der Waals surface area contributed by atoms with Crippen LogP contribution < -0.4 is 10.1 Å². The zero-order valence-corrected chi connectivity index (χ0v) is 20.6. The van der Waals surface area contributed by atoms with Gasteiger partial charge in [-0.05, 0) is 65.7 Å². The van der Waals surface area contributed by atoms with Crippen LogP contribution in [-0.4, -0.2) is 58.0 Å². The van der Waals surface area contributed by atoms with Crippen molar-refractivity contribution in [2.75, 3.05) is 6.61 Å². The molecule has 0 amide bonds. The number of hydrogen-bond acceptors (Lipinski definition) is 9. The predicted molar refractivity (Wildman–Crippen MR) is 132 cm³/mol. The van der Waals surface area contributed by atoms with Crippen molar-refractivity contribution in [1.82, 2.24) is 40.5 Å². The second-order valence-electron chi connectivity index (χ2n) is 10.3. The number of hydrogen-bond donors (Lipinski definition) is 2. The maximum absolute atomic E-state index is 10.8. The van der Waals surface area contributed by atoms with Crippen molar-refractivity contribution in [3.63, 3.8) is 0 Å². The van der Waals surface area contributed by atoms with Crippen LogP contribution in [0.15, 0.2) is 36.7 Å². The normalized spacial score (nSPS) is 17.5. The smallest absolute Gasteiger partial charge is 0.216 e. The summed E-state index contributed by atoms with van der Waals surface area (Å²) in [4.78, 5) is 8.38. The first kappa shape index (κ1) is 23.1. The first-order chi connectivity index (χ1) is 16.6. The Morgan fingerprint density at radius 2 is 1.77 bits per heavy atom. The number of nitrogens with zero attached hydrogens (tertiary/aromatic N) is 7. The summed E-state index contributed by atoms with van der Waals surface area (Å²) in [7, 11) is 0. The van der Waals surface area contributed by atoms with E-state index in [0.717, 1.165) is 18.4 Å². The standard InChI is InChI=1S/C25H30N8O2/c1-6-35-22-11-18(26-14-27-22)15-7-8-17(21(34)9-15)19-10-20-23(30-28-19)33(32-29-20)16-12-24(2,3)31-25(4,5)13-16/h7-11,14,16,31,34H,6,12-13H2,1-5H3. The van der Waals surface area contributed by atoms with Crippen LogP contribution in [0.25, 0.3) is 33.7 Å². The summed E-state index contributed by atoms with van der Waals surface area (Å²) < 4.78 is 7.34. The van der Waals surface area contributed by atoms with Crippen molar-refractivity contribution in [3.8, 4) is 34.1 Å². The van der Waals surface area contributed by atoms with Gasteiger partial charge in [0.15, 0.2) is 0 Å². The third-order valence-electron chi connectivity index (χ3n) is 6.24. The van der Waals surface area contributed by atoms with Crippen LogP contribution in [0, 0.1) is 0 Å². The molecule has 0 aliphatic carbocycles. The average Bonchev–Trinajstić information content (AvgIpc) is 3.21. The highest BCUT2D eigenvalue weighted by atomic mass is 16.5. The molecule has 1 aliphatic heterocycles. The van der Waals surface area contributed by atoms with Crippen LogP contribution in [0.3, 0.4) is 0 Å². The number of fused-ring (bicyclic) bond motifs is 1. The number of phenolic OH excluding ortho intramolecular Hbond substituents is 1. The minimum absolute atomic E-state index is 0.0291. The molecule has 0 saturated carbocycles. The number of aromatic hydroxyl groups is 1. The molecule has 0 unspecified atom stereocenters. The molecule has 0 atom stereocenters. The molecule has 10 nitrogen and oxygen atoms in total. The van der Waals surface area contributed by atoms with Gasteiger partial charge in [-0.2, -0.15) is 0 Å². The third-order valence-corrected chi connectivity index (χ3v) is 6.24. The fourth-order valence-corrected chi connectivity index (χ4v) is 5.20. The Kier molecular flexibility index (Phi) is 5.63. The van der Waals surface area contributed by atoms with E-state index in [1.165, 1.54) is 6.33 Å². The second-order valence-corrected chi connectivity index (χ2v) is 10.3. The van der Waals surface area contributed by atoms with Gasteiger partial charge in [0.25, 0.3) is 0 Å². The molecule has 182 valence electrons. The van der Waals surface area contributed by atoms with Crippen molar-refractivity contribution in [3.05, 3.63) is 36.7 Å². The lowest BCUT2D eigenvalue weighted by Gasteiger charge is -2.46. The van der Waals surface area contributed by atoms with Crippen molar-refractivity contribution >= 4 is 11.2 Å². The number of rotatable bonds is 5. The van der Waals surface area contributed by atoms with Crippen LogP contribution >= 0.6 is 0 Å². The van der Waals surface area contributed by atoms with Gasteiger partial charge in [-0.25, -0.2) is 14.6 Å². The van der Waals surface area contributed by atoms with E-state index in [9.17, 15) is 5.11 Å². The molecule has 1 aromatic carbocycles. The molecule has 4 heterocycles. The van der Waals surface area contributed by atoms with Gasteiger partial charge in [0.1, 0.15) is 17.6 Å². The molecule has 35 heavy (non-hydrogen) atoms. The lowest BCUT2D eigenvalue weighted by atomic mass is 9.80. The average molecular weight is 475 g/mol. The molecule has 1 fully saturated rings. The van der Waals surface area contributed by atoms with Gasteiger partial charge >= 0.3 is 0 Å². The predicted octanol–water partition coefficient (Wildman–Crippen LogP) is 3.93. The maximum atomic E-state index is 10.8. The Labute approximate surface area is 203 Å². The van der Waals surface area contributed by atoms with Gasteiger partial charge in [-0.3, -0.25) is 0 Å². The highest BCUT2D eigenvalue weighted by molar-refractivity contribution is 5.79. The monoisotopic (exact) mass is 474 g/mol. The number of benzene rings is 1. The molecule has 0 spiro atoms. The Hall–Kier alpha value is -3.66. The molecule has 0 radical (unpaired) electrons. The molecule has 5 rings (SSSR count). The summed E-state index contributed by atoms with van der Waals surface area (Å²) in [5.41, 5.74) is 3.71. The summed E-state index contributed by atoms with van der Waals surface area (Å²) in [6.45, 7) is 11.2. The lowest BCUT2D eigenvalue weighted by Crippen LogP contribution is -2.58. The molecule has 2 N–H and O–H groups in total. The number of phenols is 1. The van der Waals surface area contributed by atoms with Gasteiger partial charge in [0, 0.05) is 28.3 Å². The zero-order valence-electron chi connectivity index (χ0n) is 20.6. The third kappa shape index (κ3) is 4.66. The van der Waals surface area contributed by atoms with Gasteiger partial charge < -0.3 is 15.2 Å². The summed E-state index contributed by atoms with van der Waals surface area (Å²) in [6, 6.07) is 9.03. The van der Waals surface area contributed by atoms with Crippen molar-refractivity contribution < 1.29 is 9.84 Å². The molecule has 3 aromatic heterocycles. The van der Waals surface area contributed by atoms with Crippen LogP contribution in [0.4, 0.5) is 0 Å². The summed E-state index contributed by atoms with van der Waals surface area (Å²) in [5.74, 6) is 0.558. The summed E-state index contributed by atoms with van der Waals surface area (Å²) >= 11 is 0. The van der Waals surface area contributed by atoms with E-state index < -0.39 is 0 Å². The molecular formula is C25H30N8O2. The minimum atomic E-state index is -0.0291. The number of piperidine rings is 1. The fourth-order valence-electron chi connectivity index (χ4n) is 5.20. The Bertz CT molecular complexity index is 1370. The Morgan fingerprint density at radius 3 is 2.49 bits per heavy atom. The van der Waals surface area contributed by atoms with E-state index in [-0.39, 0.29) is 22.9 Å². The number of aromatic nitrogens is 7. The highest BCUT2D eigenvalue weighted by Crippen LogP contribution is 2.37. The molecule has 4 aromatic rings. The first-order valence-electron chi connectivity index (χ1n) is 11.8. The van der Waals surface area contributed by atoms with Crippen molar-refractivity contribution in [1.29, 1.82) is 0 Å². The van der Waals surface area contributed by atoms with Gasteiger partial charge in [0.05, 0.1) is 24.0 Å². The van der Waals surface area contributed by atoms with Crippen LogP contribution in [0.1, 0.15) is 53.5 Å². The van der Waals surface area contributed by atoms with Crippen LogP contribution in [0.2, 0.25) is 0 Å². The van der Waals surface area contributed by atoms with E-state index in [1.54, 1.807) is 18.2 Å². The van der Waals surface area contributed by atoms with Gasteiger partial charge in [0.2, 0.25) is 11.5 Å². The molecule has 1 saturated heterocycles. The number of nitrogens with one attached hydrogen (secondary N) is 1. The summed E-state index contributed by atoms with van der Waals surface area (Å²) in [5, 5.41) is 32.2. The summed E-state index contributed by atoms with van der Waals surface area (Å²) in [6.07, 6.45) is 3.27. The van der Waals surface area contributed by atoms with E-state index in [4.69, 9.17) is 4.74 Å². The quantitative estimate of drug-likeness (QED) is 0.443. The Balaban J connectivity index is 1.45. The van der Waals surface area contributed by atoms with E-state index in [0.29, 0.717) is 40.6 Å². The fraction of sp³-hybridized carbons (Fsp3) is 0.440. The molecule has 0 bridgehead atoms. The van der Waals surface area contributed by atoms with Gasteiger partial charge in [-0.15, -0.1) is 15.3 Å². The first-order valence-corrected chi connectivity index (χ1v) is 11.8. The van der Waals surface area contributed by atoms with E-state index >= 15 is 0 Å². The van der Waals surface area contributed by atoms with Crippen LogP contribution in [-0.2, 0) is 0 Å². The highest BCUT2D eigenvalue weighted by Gasteiger charge is 2.39. The molecule has 1 aliphatic rings. The Morgan fingerprint density at radius 1 is 1.00 bits per heavy atom. The van der Waals surface area contributed by atoms with Gasteiger partial charge in [-0.1, -0.05) is 11.3 Å². The minimum Gasteiger partial charge on any atom is -0.507 e. The number of ether oxygens (including phenoxy) is 1. The van der Waals surface area contributed by atoms with E-state index in [1.807, 2.05) is 23.7 Å². The van der Waals surface area contributed by atoms with Crippen molar-refractivity contribution in [2.45, 2.75) is 64.6 Å². The second kappa shape index (κ2) is 8.53. The zero-order chi connectivity index (χ0) is 24.8. The van der Waals surface area contributed by atoms with Crippen LogP contribution in [0.5, 0.6) is 11.6 Å². The topological polar surface area (TPSA) is 124 Å². The SMILES string of the molecule is CCOc1cc(-c2ccc(-c3cc4nnn(C5CC(C)(C)NC(C)(C)C5)c4nn3)c(O)c2)ncn1. The largest absolute Gasteiger partial charge is 0.507 e. The molecule has 10 heteroatoms. The maximum Gasteiger partial charge on any atom is 0.216 e. The molecular weight excluding hydrogens is 444 g/mol. The lowest BCUT2D eigenvalue weighted by molar-refractivity contribution is 0.127. The van der Waals surface area contributed by atoms with Crippen molar-refractivity contribution in [2.24, 2.45) is 0 Å².